The van der Waals surface area contributed by atoms with Gasteiger partial charge in [0.2, 0.25) is 5.88 Å². The first kappa shape index (κ1) is 15.2. The third-order valence-corrected chi connectivity index (χ3v) is 4.62. The first-order valence-electron chi connectivity index (χ1n) is 8.12. The molecule has 0 spiro atoms. The van der Waals surface area contributed by atoms with Crippen molar-refractivity contribution in [3.63, 3.8) is 0 Å². The van der Waals surface area contributed by atoms with E-state index in [1.807, 2.05) is 54.6 Å². The topological polar surface area (TPSA) is 35.0 Å². The second-order valence-electron chi connectivity index (χ2n) is 5.88. The van der Waals surface area contributed by atoms with Gasteiger partial charge in [-0.05, 0) is 25.3 Å². The Hall–Kier alpha value is -2.39. The molecule has 3 aromatic rings. The number of hydrogen-bond donors (Lipinski definition) is 0. The van der Waals surface area contributed by atoms with Crippen LogP contribution < -0.4 is 4.74 Å². The van der Waals surface area contributed by atoms with Crippen LogP contribution in [-0.4, -0.2) is 9.97 Å². The van der Waals surface area contributed by atoms with Crippen molar-refractivity contribution in [1.82, 2.24) is 9.97 Å². The molecule has 120 valence electrons. The molecule has 0 fully saturated rings. The highest BCUT2D eigenvalue weighted by molar-refractivity contribution is 6.31. The van der Waals surface area contributed by atoms with Crippen LogP contribution in [0.1, 0.15) is 23.2 Å². The van der Waals surface area contributed by atoms with Gasteiger partial charge < -0.3 is 4.74 Å². The lowest BCUT2D eigenvalue weighted by molar-refractivity contribution is 0.290. The van der Waals surface area contributed by atoms with Crippen molar-refractivity contribution in [2.45, 2.75) is 25.9 Å². The molecule has 1 aliphatic rings. The maximum atomic E-state index is 6.22. The van der Waals surface area contributed by atoms with Gasteiger partial charge in [-0.2, -0.15) is 4.98 Å². The second kappa shape index (κ2) is 6.62. The highest BCUT2D eigenvalue weighted by Crippen LogP contribution is 2.31. The van der Waals surface area contributed by atoms with Crippen molar-refractivity contribution < 1.29 is 4.74 Å². The zero-order valence-electron chi connectivity index (χ0n) is 13.2. The van der Waals surface area contributed by atoms with Crippen LogP contribution in [0.4, 0.5) is 0 Å². The molecule has 4 heteroatoms. The van der Waals surface area contributed by atoms with E-state index in [0.717, 1.165) is 47.5 Å². The van der Waals surface area contributed by atoms with Gasteiger partial charge in [-0.15, -0.1) is 0 Å². The lowest BCUT2D eigenvalue weighted by Crippen LogP contribution is -2.04. The molecular formula is C20H17ClN2O. The molecule has 24 heavy (non-hydrogen) atoms. The molecule has 0 amide bonds. The van der Waals surface area contributed by atoms with E-state index in [0.29, 0.717) is 17.5 Å². The Kier molecular flexibility index (Phi) is 4.18. The fourth-order valence-electron chi connectivity index (χ4n) is 3.00. The molecule has 0 bridgehead atoms. The van der Waals surface area contributed by atoms with E-state index in [1.165, 1.54) is 0 Å². The molecule has 0 saturated carbocycles. The van der Waals surface area contributed by atoms with Crippen molar-refractivity contribution in [2.75, 3.05) is 0 Å². The molecule has 3 nitrogen and oxygen atoms in total. The summed E-state index contributed by atoms with van der Waals surface area (Å²) in [5.41, 5.74) is 4.22. The Morgan fingerprint density at radius 3 is 2.54 bits per heavy atom. The molecule has 0 atom stereocenters. The summed E-state index contributed by atoms with van der Waals surface area (Å²) in [5.74, 6) is 1.42. The average Bonchev–Trinajstić information content (AvgIpc) is 3.10. The summed E-state index contributed by atoms with van der Waals surface area (Å²) in [4.78, 5) is 9.42. The Labute approximate surface area is 146 Å². The third-order valence-electron chi connectivity index (χ3n) is 4.25. The summed E-state index contributed by atoms with van der Waals surface area (Å²) in [7, 11) is 0. The largest absolute Gasteiger partial charge is 0.472 e. The van der Waals surface area contributed by atoms with Gasteiger partial charge in [-0.3, -0.25) is 0 Å². The van der Waals surface area contributed by atoms with Crippen LogP contribution in [0.15, 0.2) is 54.6 Å². The minimum Gasteiger partial charge on any atom is -0.472 e. The van der Waals surface area contributed by atoms with E-state index in [4.69, 9.17) is 21.3 Å². The maximum absolute atomic E-state index is 6.22. The van der Waals surface area contributed by atoms with Gasteiger partial charge >= 0.3 is 0 Å². The number of fused-ring (bicyclic) bond motifs is 1. The van der Waals surface area contributed by atoms with Crippen molar-refractivity contribution in [3.8, 4) is 17.3 Å². The second-order valence-corrected chi connectivity index (χ2v) is 6.28. The van der Waals surface area contributed by atoms with Gasteiger partial charge in [0.15, 0.2) is 5.82 Å². The van der Waals surface area contributed by atoms with Crippen molar-refractivity contribution in [3.05, 3.63) is 76.4 Å². The lowest BCUT2D eigenvalue weighted by atomic mass is 10.2. The van der Waals surface area contributed by atoms with E-state index in [-0.39, 0.29) is 0 Å². The lowest BCUT2D eigenvalue weighted by Gasteiger charge is -2.12. The minimum absolute atomic E-state index is 0.414. The predicted octanol–water partition coefficient (Wildman–Crippen LogP) is 4.86. The zero-order chi connectivity index (χ0) is 16.4. The Balaban J connectivity index is 1.67. The summed E-state index contributed by atoms with van der Waals surface area (Å²) in [6.45, 7) is 0.414. The maximum Gasteiger partial charge on any atom is 0.220 e. The van der Waals surface area contributed by atoms with Crippen LogP contribution in [0.25, 0.3) is 11.4 Å². The number of ether oxygens (including phenoxy) is 1. The molecule has 0 unspecified atom stereocenters. The number of rotatable bonds is 4. The first-order valence-corrected chi connectivity index (χ1v) is 8.50. The summed E-state index contributed by atoms with van der Waals surface area (Å²) < 4.78 is 6.04. The van der Waals surface area contributed by atoms with Crippen LogP contribution >= 0.6 is 11.6 Å². The van der Waals surface area contributed by atoms with Gasteiger partial charge in [0.25, 0.3) is 0 Å². The molecule has 1 aromatic heterocycles. The quantitative estimate of drug-likeness (QED) is 0.682. The summed E-state index contributed by atoms with van der Waals surface area (Å²) >= 11 is 6.22. The van der Waals surface area contributed by atoms with E-state index in [9.17, 15) is 0 Å². The number of hydrogen-bond acceptors (Lipinski definition) is 3. The molecule has 2 aromatic carbocycles. The Morgan fingerprint density at radius 1 is 0.917 bits per heavy atom. The SMILES string of the molecule is Clc1ccccc1COc1nc(-c2ccccc2)nc2c1CCC2. The predicted molar refractivity (Wildman–Crippen MR) is 95.3 cm³/mol. The Bertz CT molecular complexity index is 865. The number of aromatic nitrogens is 2. The van der Waals surface area contributed by atoms with Crippen molar-refractivity contribution >= 4 is 11.6 Å². The summed E-state index contributed by atoms with van der Waals surface area (Å²) in [6, 6.07) is 17.8. The van der Waals surface area contributed by atoms with Gasteiger partial charge in [0.1, 0.15) is 6.61 Å². The normalized spacial score (nSPS) is 12.9. The van der Waals surface area contributed by atoms with Gasteiger partial charge in [0.05, 0.1) is 5.69 Å². The fourth-order valence-corrected chi connectivity index (χ4v) is 3.19. The van der Waals surface area contributed by atoms with Crippen LogP contribution in [0.3, 0.4) is 0 Å². The number of benzene rings is 2. The van der Waals surface area contributed by atoms with Crippen molar-refractivity contribution in [1.29, 1.82) is 0 Å². The standard InChI is InChI=1S/C20H17ClN2O/c21-17-11-5-4-9-15(17)13-24-20-16-10-6-12-18(16)22-19(23-20)14-7-2-1-3-8-14/h1-5,7-9,11H,6,10,12-13H2. The number of halogens is 1. The third kappa shape index (κ3) is 3.00. The van der Waals surface area contributed by atoms with Gasteiger partial charge in [-0.1, -0.05) is 60.1 Å². The first-order chi connectivity index (χ1) is 11.8. The molecule has 1 heterocycles. The molecule has 0 aliphatic heterocycles. The van der Waals surface area contributed by atoms with Gasteiger partial charge in [-0.25, -0.2) is 4.98 Å². The Morgan fingerprint density at radius 2 is 1.71 bits per heavy atom. The monoisotopic (exact) mass is 336 g/mol. The average molecular weight is 337 g/mol. The van der Waals surface area contributed by atoms with E-state index < -0.39 is 0 Å². The van der Waals surface area contributed by atoms with Crippen LogP contribution in [0, 0.1) is 0 Å². The smallest absolute Gasteiger partial charge is 0.220 e. The molecule has 0 N–H and O–H groups in total. The van der Waals surface area contributed by atoms with Crippen LogP contribution in [-0.2, 0) is 19.4 Å². The molecule has 4 rings (SSSR count). The minimum atomic E-state index is 0.414. The van der Waals surface area contributed by atoms with E-state index in [2.05, 4.69) is 4.98 Å². The van der Waals surface area contributed by atoms with E-state index >= 15 is 0 Å². The van der Waals surface area contributed by atoms with Crippen LogP contribution in [0.5, 0.6) is 5.88 Å². The highest BCUT2D eigenvalue weighted by atomic mass is 35.5. The summed E-state index contributed by atoms with van der Waals surface area (Å²) in [5, 5.41) is 0.714. The molecule has 0 radical (unpaired) electrons. The fraction of sp³-hybridized carbons (Fsp3) is 0.200. The number of aryl methyl sites for hydroxylation is 1. The molecule has 0 saturated heterocycles. The number of nitrogens with zero attached hydrogens (tertiary/aromatic N) is 2. The molecule has 1 aliphatic carbocycles. The van der Waals surface area contributed by atoms with Crippen molar-refractivity contribution in [2.24, 2.45) is 0 Å². The van der Waals surface area contributed by atoms with Crippen LogP contribution in [0.2, 0.25) is 5.02 Å². The zero-order valence-corrected chi connectivity index (χ0v) is 14.0. The summed E-state index contributed by atoms with van der Waals surface area (Å²) in [6.07, 6.45) is 3.06. The highest BCUT2D eigenvalue weighted by Gasteiger charge is 2.21. The molecular weight excluding hydrogens is 320 g/mol. The van der Waals surface area contributed by atoms with E-state index in [1.54, 1.807) is 0 Å². The van der Waals surface area contributed by atoms with Gasteiger partial charge in [0, 0.05) is 21.7 Å².